The van der Waals surface area contributed by atoms with Gasteiger partial charge in [0.1, 0.15) is 5.82 Å². The lowest BCUT2D eigenvalue weighted by molar-refractivity contribution is 0.0824. The van der Waals surface area contributed by atoms with Crippen LogP contribution in [0.4, 0.5) is 4.39 Å². The Balaban J connectivity index is 2.39. The Morgan fingerprint density at radius 1 is 1.41 bits per heavy atom. The monoisotopic (exact) mass is 260 g/mol. The van der Waals surface area contributed by atoms with Crippen molar-refractivity contribution in [3.05, 3.63) is 34.6 Å². The first-order valence-electron chi connectivity index (χ1n) is 5.83. The molecule has 1 rings (SSSR count). The number of aliphatic hydroxyl groups is 1. The van der Waals surface area contributed by atoms with Gasteiger partial charge in [-0.1, -0.05) is 18.5 Å². The maximum Gasteiger partial charge on any atom is 0.123 e. The molecule has 0 aliphatic heterocycles. The molecular weight excluding hydrogens is 243 g/mol. The Morgan fingerprint density at radius 3 is 2.88 bits per heavy atom. The van der Waals surface area contributed by atoms with Crippen molar-refractivity contribution in [3.63, 3.8) is 0 Å². The van der Waals surface area contributed by atoms with E-state index in [4.69, 9.17) is 16.3 Å². The SMILES string of the molecule is CCCOCCC(O)Cc1cc(F)ccc1Cl. The fraction of sp³-hybridized carbons (Fsp3) is 0.538. The highest BCUT2D eigenvalue weighted by atomic mass is 35.5. The molecule has 0 aliphatic rings. The maximum absolute atomic E-state index is 13.0. The number of hydrogen-bond acceptors (Lipinski definition) is 2. The Kier molecular flexibility index (Phi) is 6.48. The van der Waals surface area contributed by atoms with Crippen LogP contribution in [-0.2, 0) is 11.2 Å². The summed E-state index contributed by atoms with van der Waals surface area (Å²) in [6, 6.07) is 4.17. The summed E-state index contributed by atoms with van der Waals surface area (Å²) >= 11 is 5.92. The number of halogens is 2. The normalized spacial score (nSPS) is 12.7. The van der Waals surface area contributed by atoms with Crippen LogP contribution in [0.3, 0.4) is 0 Å². The summed E-state index contributed by atoms with van der Waals surface area (Å²) < 4.78 is 18.3. The molecule has 0 aliphatic carbocycles. The Bertz CT molecular complexity index is 344. The summed E-state index contributed by atoms with van der Waals surface area (Å²) in [5, 5.41) is 10.2. The minimum absolute atomic E-state index is 0.334. The Hall–Kier alpha value is -0.640. The van der Waals surface area contributed by atoms with E-state index in [1.165, 1.54) is 18.2 Å². The highest BCUT2D eigenvalue weighted by molar-refractivity contribution is 6.31. The van der Waals surface area contributed by atoms with Crippen molar-refractivity contribution in [2.24, 2.45) is 0 Å². The highest BCUT2D eigenvalue weighted by Gasteiger charge is 2.09. The molecule has 0 saturated heterocycles. The Labute approximate surface area is 106 Å². The summed E-state index contributed by atoms with van der Waals surface area (Å²) in [4.78, 5) is 0. The predicted molar refractivity (Wildman–Crippen MR) is 66.8 cm³/mol. The molecule has 1 aromatic carbocycles. The van der Waals surface area contributed by atoms with Crippen LogP contribution in [0.25, 0.3) is 0 Å². The van der Waals surface area contributed by atoms with Crippen molar-refractivity contribution in [1.29, 1.82) is 0 Å². The molecule has 0 aromatic heterocycles. The number of benzene rings is 1. The second-order valence-corrected chi connectivity index (χ2v) is 4.40. The smallest absolute Gasteiger partial charge is 0.123 e. The van der Waals surface area contributed by atoms with Crippen LogP contribution < -0.4 is 0 Å². The number of ether oxygens (including phenoxy) is 1. The van der Waals surface area contributed by atoms with Gasteiger partial charge in [-0.25, -0.2) is 4.39 Å². The first-order chi connectivity index (χ1) is 8.13. The van der Waals surface area contributed by atoms with Gasteiger partial charge in [-0.15, -0.1) is 0 Å². The van der Waals surface area contributed by atoms with E-state index in [-0.39, 0.29) is 5.82 Å². The van der Waals surface area contributed by atoms with Crippen LogP contribution in [-0.4, -0.2) is 24.4 Å². The van der Waals surface area contributed by atoms with Crippen LogP contribution in [0.1, 0.15) is 25.3 Å². The Morgan fingerprint density at radius 2 is 2.18 bits per heavy atom. The third-order valence-corrected chi connectivity index (χ3v) is 2.78. The average Bonchev–Trinajstić information content (AvgIpc) is 2.29. The molecule has 0 heterocycles. The minimum Gasteiger partial charge on any atom is -0.393 e. The van der Waals surface area contributed by atoms with E-state index in [1.54, 1.807) is 0 Å². The van der Waals surface area contributed by atoms with E-state index in [0.717, 1.165) is 6.42 Å². The van der Waals surface area contributed by atoms with Gasteiger partial charge in [-0.2, -0.15) is 0 Å². The molecule has 0 amide bonds. The molecule has 4 heteroatoms. The highest BCUT2D eigenvalue weighted by Crippen LogP contribution is 2.19. The van der Waals surface area contributed by atoms with Gasteiger partial charge in [0.05, 0.1) is 6.10 Å². The molecule has 0 spiro atoms. The molecule has 1 unspecified atom stereocenters. The molecule has 1 aromatic rings. The zero-order valence-electron chi connectivity index (χ0n) is 9.96. The predicted octanol–water partition coefficient (Wildman–Crippen LogP) is 3.20. The van der Waals surface area contributed by atoms with Crippen molar-refractivity contribution in [3.8, 4) is 0 Å². The van der Waals surface area contributed by atoms with Crippen LogP contribution in [0, 0.1) is 5.82 Å². The molecular formula is C13H18ClFO2. The van der Waals surface area contributed by atoms with Crippen LogP contribution in [0.5, 0.6) is 0 Å². The van der Waals surface area contributed by atoms with Crippen LogP contribution in [0.15, 0.2) is 18.2 Å². The van der Waals surface area contributed by atoms with Crippen molar-refractivity contribution < 1.29 is 14.2 Å². The first-order valence-corrected chi connectivity index (χ1v) is 6.21. The third-order valence-electron chi connectivity index (χ3n) is 2.41. The van der Waals surface area contributed by atoms with E-state index >= 15 is 0 Å². The van der Waals surface area contributed by atoms with E-state index in [0.29, 0.717) is 36.6 Å². The minimum atomic E-state index is -0.550. The maximum atomic E-state index is 13.0. The lowest BCUT2D eigenvalue weighted by Crippen LogP contribution is -2.14. The molecule has 2 nitrogen and oxygen atoms in total. The topological polar surface area (TPSA) is 29.5 Å². The number of hydrogen-bond donors (Lipinski definition) is 1. The summed E-state index contributed by atoms with van der Waals surface area (Å²) in [5.74, 6) is -0.334. The van der Waals surface area contributed by atoms with E-state index in [9.17, 15) is 9.50 Å². The van der Waals surface area contributed by atoms with Gasteiger partial charge in [-0.05, 0) is 36.6 Å². The number of rotatable bonds is 7. The summed E-state index contributed by atoms with van der Waals surface area (Å²) in [6.45, 7) is 3.25. The molecule has 1 atom stereocenters. The zero-order valence-corrected chi connectivity index (χ0v) is 10.7. The first kappa shape index (κ1) is 14.4. The standard InChI is InChI=1S/C13H18ClFO2/c1-2-6-17-7-5-12(16)9-10-8-11(15)3-4-13(10)14/h3-4,8,12,16H,2,5-7,9H2,1H3. The van der Waals surface area contributed by atoms with E-state index in [1.807, 2.05) is 6.92 Å². The van der Waals surface area contributed by atoms with E-state index in [2.05, 4.69) is 0 Å². The molecule has 0 radical (unpaired) electrons. The quantitative estimate of drug-likeness (QED) is 0.763. The lowest BCUT2D eigenvalue weighted by atomic mass is 10.1. The van der Waals surface area contributed by atoms with Crippen LogP contribution >= 0.6 is 11.6 Å². The molecule has 1 N–H and O–H groups in total. The summed E-state index contributed by atoms with van der Waals surface area (Å²) in [5.41, 5.74) is 0.634. The second-order valence-electron chi connectivity index (χ2n) is 3.99. The molecule has 17 heavy (non-hydrogen) atoms. The lowest BCUT2D eigenvalue weighted by Gasteiger charge is -2.12. The van der Waals surface area contributed by atoms with Crippen molar-refractivity contribution in [2.75, 3.05) is 13.2 Å². The fourth-order valence-electron chi connectivity index (χ4n) is 1.52. The van der Waals surface area contributed by atoms with Crippen molar-refractivity contribution in [2.45, 2.75) is 32.3 Å². The van der Waals surface area contributed by atoms with Crippen molar-refractivity contribution in [1.82, 2.24) is 0 Å². The summed E-state index contributed by atoms with van der Waals surface area (Å²) in [6.07, 6.45) is 1.30. The third kappa shape index (κ3) is 5.48. The number of aliphatic hydroxyl groups excluding tert-OH is 1. The molecule has 0 fully saturated rings. The zero-order chi connectivity index (χ0) is 12.7. The van der Waals surface area contributed by atoms with Crippen LogP contribution in [0.2, 0.25) is 5.02 Å². The molecule has 96 valence electrons. The van der Waals surface area contributed by atoms with Gasteiger partial charge in [-0.3, -0.25) is 0 Å². The van der Waals surface area contributed by atoms with Gasteiger partial charge < -0.3 is 9.84 Å². The van der Waals surface area contributed by atoms with Gasteiger partial charge >= 0.3 is 0 Å². The van der Waals surface area contributed by atoms with Gasteiger partial charge in [0.25, 0.3) is 0 Å². The van der Waals surface area contributed by atoms with Gasteiger partial charge in [0.15, 0.2) is 0 Å². The van der Waals surface area contributed by atoms with E-state index < -0.39 is 6.10 Å². The molecule has 0 saturated carbocycles. The van der Waals surface area contributed by atoms with Gasteiger partial charge in [0, 0.05) is 24.7 Å². The second kappa shape index (κ2) is 7.64. The average molecular weight is 261 g/mol. The van der Waals surface area contributed by atoms with Crippen molar-refractivity contribution >= 4 is 11.6 Å². The fourth-order valence-corrected chi connectivity index (χ4v) is 1.72. The summed E-state index contributed by atoms with van der Waals surface area (Å²) in [7, 11) is 0. The largest absolute Gasteiger partial charge is 0.393 e. The van der Waals surface area contributed by atoms with Gasteiger partial charge in [0.2, 0.25) is 0 Å². The molecule has 0 bridgehead atoms.